The van der Waals surface area contributed by atoms with Crippen LogP contribution >= 0.6 is 0 Å². The Bertz CT molecular complexity index is 502. The first-order valence-corrected chi connectivity index (χ1v) is 7.18. The number of aliphatic hydroxyl groups excluding tert-OH is 1. The zero-order valence-electron chi connectivity index (χ0n) is 12.8. The molecular weight excluding hydrogens is 286 g/mol. The van der Waals surface area contributed by atoms with E-state index in [0.717, 1.165) is 5.69 Å². The molecule has 0 aromatic heterocycles. The van der Waals surface area contributed by atoms with Crippen molar-refractivity contribution in [3.8, 4) is 0 Å². The highest BCUT2D eigenvalue weighted by Crippen LogP contribution is 2.19. The Labute approximate surface area is 129 Å². The minimum absolute atomic E-state index is 0.0456. The molecule has 0 aliphatic carbocycles. The topological polar surface area (TPSA) is 116 Å². The minimum atomic E-state index is -1.12. The van der Waals surface area contributed by atoms with E-state index in [1.165, 1.54) is 0 Å². The van der Waals surface area contributed by atoms with Gasteiger partial charge in [-0.05, 0) is 44.5 Å². The third-order valence-electron chi connectivity index (χ3n) is 3.27. The second kappa shape index (κ2) is 8.35. The number of rotatable bonds is 8. The van der Waals surface area contributed by atoms with Crippen LogP contribution < -0.4 is 16.0 Å². The quantitative estimate of drug-likeness (QED) is 0.532. The summed E-state index contributed by atoms with van der Waals surface area (Å²) in [4.78, 5) is 24.1. The van der Waals surface area contributed by atoms with Gasteiger partial charge in [0.05, 0.1) is 0 Å². The van der Waals surface area contributed by atoms with Crippen LogP contribution in [0, 0.1) is 0 Å². The highest BCUT2D eigenvalue weighted by Gasteiger charge is 2.14. The molecule has 7 heteroatoms. The number of aliphatic carboxylic acids is 1. The summed E-state index contributed by atoms with van der Waals surface area (Å²) in [7, 11) is 0. The van der Waals surface area contributed by atoms with Gasteiger partial charge in [0.25, 0.3) is 0 Å². The summed E-state index contributed by atoms with van der Waals surface area (Å²) < 4.78 is 0. The van der Waals surface area contributed by atoms with Crippen LogP contribution in [-0.4, -0.2) is 40.9 Å². The van der Waals surface area contributed by atoms with E-state index in [1.54, 1.807) is 36.1 Å². The molecule has 0 saturated heterocycles. The average Bonchev–Trinajstić information content (AvgIpc) is 2.46. The Morgan fingerprint density at radius 2 is 1.91 bits per heavy atom. The first kappa shape index (κ1) is 17.9. The number of carboxylic acids is 1. The van der Waals surface area contributed by atoms with Gasteiger partial charge >= 0.3 is 5.97 Å². The molecular formula is C15H23N3O4. The molecule has 122 valence electrons. The fourth-order valence-electron chi connectivity index (χ4n) is 2.03. The largest absolute Gasteiger partial charge is 0.480 e. The monoisotopic (exact) mass is 309 g/mol. The molecule has 0 bridgehead atoms. The number of aliphatic hydroxyl groups is 1. The van der Waals surface area contributed by atoms with Crippen molar-refractivity contribution in [2.75, 3.05) is 16.8 Å². The predicted molar refractivity (Wildman–Crippen MR) is 84.6 cm³/mol. The molecule has 0 spiro atoms. The molecule has 1 amide bonds. The number of carboxylic acid groups (broad SMARTS) is 1. The number of hydrogen-bond donors (Lipinski definition) is 4. The van der Waals surface area contributed by atoms with Crippen LogP contribution in [0.4, 0.5) is 11.4 Å². The average molecular weight is 309 g/mol. The van der Waals surface area contributed by atoms with Crippen molar-refractivity contribution in [2.24, 2.45) is 5.73 Å². The summed E-state index contributed by atoms with van der Waals surface area (Å²) >= 11 is 0. The molecule has 0 aliphatic rings. The summed E-state index contributed by atoms with van der Waals surface area (Å²) in [5.41, 5.74) is 6.81. The van der Waals surface area contributed by atoms with E-state index >= 15 is 0 Å². The van der Waals surface area contributed by atoms with E-state index < -0.39 is 18.2 Å². The number of nitrogens with zero attached hydrogens (tertiary/aromatic N) is 1. The number of carbonyl (C=O) groups is 2. The first-order valence-electron chi connectivity index (χ1n) is 7.18. The summed E-state index contributed by atoms with van der Waals surface area (Å²) in [6, 6.07) is 6.03. The third kappa shape index (κ3) is 5.34. The van der Waals surface area contributed by atoms with E-state index in [0.29, 0.717) is 12.2 Å². The summed E-state index contributed by atoms with van der Waals surface area (Å²) in [6.45, 7) is 4.29. The van der Waals surface area contributed by atoms with Crippen LogP contribution in [0.5, 0.6) is 0 Å². The normalized spacial score (nSPS) is 13.3. The smallest absolute Gasteiger partial charge is 0.320 e. The minimum Gasteiger partial charge on any atom is -0.480 e. The number of amides is 1. The molecule has 2 atom stereocenters. The lowest BCUT2D eigenvalue weighted by molar-refractivity contribution is -0.138. The van der Waals surface area contributed by atoms with Gasteiger partial charge in [0.15, 0.2) is 0 Å². The molecule has 1 rings (SSSR count). The van der Waals surface area contributed by atoms with E-state index in [-0.39, 0.29) is 18.7 Å². The Morgan fingerprint density at radius 3 is 2.36 bits per heavy atom. The highest BCUT2D eigenvalue weighted by molar-refractivity contribution is 5.91. The number of hydrogen-bond acceptors (Lipinski definition) is 5. The van der Waals surface area contributed by atoms with Crippen molar-refractivity contribution >= 4 is 23.3 Å². The van der Waals surface area contributed by atoms with Crippen LogP contribution in [0.25, 0.3) is 0 Å². The number of nitrogens with two attached hydrogens (primary N) is 1. The van der Waals surface area contributed by atoms with Crippen LogP contribution in [0.3, 0.4) is 0 Å². The standard InChI is InChI=1S/C15H23N3O4/c1-3-18(10(2)19)12-6-4-11(5-7-12)17-14(20)9-8-13(16)15(21)22/h4-7,10,13,19H,3,8-9,16H2,1-2H3,(H,17,20)(H,21,22). The molecule has 5 N–H and O–H groups in total. The van der Waals surface area contributed by atoms with Crippen LogP contribution in [-0.2, 0) is 9.59 Å². The maximum Gasteiger partial charge on any atom is 0.320 e. The lowest BCUT2D eigenvalue weighted by atomic mass is 10.1. The van der Waals surface area contributed by atoms with Crippen LogP contribution in [0.15, 0.2) is 24.3 Å². The molecule has 0 aliphatic heterocycles. The molecule has 1 aromatic carbocycles. The van der Waals surface area contributed by atoms with E-state index in [4.69, 9.17) is 10.8 Å². The van der Waals surface area contributed by atoms with Crippen molar-refractivity contribution in [1.29, 1.82) is 0 Å². The fourth-order valence-corrected chi connectivity index (χ4v) is 2.03. The molecule has 0 heterocycles. The molecule has 7 nitrogen and oxygen atoms in total. The van der Waals surface area contributed by atoms with Crippen molar-refractivity contribution in [3.05, 3.63) is 24.3 Å². The number of nitrogens with one attached hydrogen (secondary N) is 1. The maximum atomic E-state index is 11.7. The van der Waals surface area contributed by atoms with Crippen molar-refractivity contribution in [1.82, 2.24) is 0 Å². The molecule has 1 aromatic rings. The highest BCUT2D eigenvalue weighted by atomic mass is 16.4. The van der Waals surface area contributed by atoms with Gasteiger partial charge in [-0.15, -0.1) is 0 Å². The van der Waals surface area contributed by atoms with Gasteiger partial charge in [0.1, 0.15) is 12.3 Å². The molecule has 0 radical (unpaired) electrons. The SMILES string of the molecule is CCN(c1ccc(NC(=O)CCC(N)C(=O)O)cc1)C(C)O. The lowest BCUT2D eigenvalue weighted by Gasteiger charge is -2.26. The third-order valence-corrected chi connectivity index (χ3v) is 3.27. The van der Waals surface area contributed by atoms with E-state index in [9.17, 15) is 14.7 Å². The van der Waals surface area contributed by atoms with Crippen molar-refractivity contribution in [3.63, 3.8) is 0 Å². The Hall–Kier alpha value is -2.12. The second-order valence-corrected chi connectivity index (χ2v) is 5.00. The summed E-state index contributed by atoms with van der Waals surface area (Å²) in [6.07, 6.45) is -0.461. The second-order valence-electron chi connectivity index (χ2n) is 5.00. The van der Waals surface area contributed by atoms with Gasteiger partial charge in [-0.3, -0.25) is 9.59 Å². The Balaban J connectivity index is 2.57. The molecule has 0 fully saturated rings. The van der Waals surface area contributed by atoms with Gasteiger partial charge < -0.3 is 26.2 Å². The summed E-state index contributed by atoms with van der Waals surface area (Å²) in [5, 5.41) is 21.0. The van der Waals surface area contributed by atoms with Gasteiger partial charge in [0, 0.05) is 24.3 Å². The lowest BCUT2D eigenvalue weighted by Crippen LogP contribution is -2.32. The molecule has 0 saturated carbocycles. The molecule has 2 unspecified atom stereocenters. The van der Waals surface area contributed by atoms with Gasteiger partial charge in [-0.25, -0.2) is 0 Å². The Kier molecular flexibility index (Phi) is 6.81. The van der Waals surface area contributed by atoms with Gasteiger partial charge in [0.2, 0.25) is 5.91 Å². The van der Waals surface area contributed by atoms with Gasteiger partial charge in [-0.2, -0.15) is 0 Å². The maximum absolute atomic E-state index is 11.7. The molecule has 22 heavy (non-hydrogen) atoms. The number of carbonyl (C=O) groups excluding carboxylic acids is 1. The number of anilines is 2. The summed E-state index contributed by atoms with van der Waals surface area (Å²) in [5.74, 6) is -1.40. The van der Waals surface area contributed by atoms with Crippen molar-refractivity contribution < 1.29 is 19.8 Å². The predicted octanol–water partition coefficient (Wildman–Crippen LogP) is 0.982. The van der Waals surface area contributed by atoms with Gasteiger partial charge in [-0.1, -0.05) is 0 Å². The van der Waals surface area contributed by atoms with E-state index in [1.807, 2.05) is 6.92 Å². The fraction of sp³-hybridized carbons (Fsp3) is 0.467. The van der Waals surface area contributed by atoms with Crippen molar-refractivity contribution in [2.45, 2.75) is 39.0 Å². The Morgan fingerprint density at radius 1 is 1.32 bits per heavy atom. The number of benzene rings is 1. The van der Waals surface area contributed by atoms with Crippen LogP contribution in [0.2, 0.25) is 0 Å². The first-order chi connectivity index (χ1) is 10.3. The van der Waals surface area contributed by atoms with E-state index in [2.05, 4.69) is 5.32 Å². The zero-order valence-corrected chi connectivity index (χ0v) is 12.8. The van der Waals surface area contributed by atoms with Crippen LogP contribution in [0.1, 0.15) is 26.7 Å². The zero-order chi connectivity index (χ0) is 16.7.